The Morgan fingerprint density at radius 1 is 1.00 bits per heavy atom. The number of ether oxygens (including phenoxy) is 1. The van der Waals surface area contributed by atoms with Crippen LogP contribution in [-0.4, -0.2) is 55.9 Å². The maximum absolute atomic E-state index is 9.98. The van der Waals surface area contributed by atoms with E-state index in [-0.39, 0.29) is 6.10 Å². The molecule has 4 nitrogen and oxygen atoms in total. The number of nitrogens with zero attached hydrogens (tertiary/aromatic N) is 1. The first-order valence-electron chi connectivity index (χ1n) is 11.1. The third-order valence-corrected chi connectivity index (χ3v) is 6.72. The van der Waals surface area contributed by atoms with Crippen LogP contribution in [0.15, 0.2) is 48.5 Å². The molecule has 4 heteroatoms. The predicted octanol–water partition coefficient (Wildman–Crippen LogP) is 3.90. The van der Waals surface area contributed by atoms with Crippen LogP contribution in [0.3, 0.4) is 0 Å². The Bertz CT molecular complexity index is 763. The van der Waals surface area contributed by atoms with Crippen molar-refractivity contribution < 1.29 is 9.84 Å². The summed E-state index contributed by atoms with van der Waals surface area (Å²) in [6, 6.07) is 17.4. The van der Waals surface area contributed by atoms with Crippen LogP contribution < -0.4 is 10.1 Å². The lowest BCUT2D eigenvalue weighted by atomic mass is 9.75. The highest BCUT2D eigenvalue weighted by Gasteiger charge is 2.29. The van der Waals surface area contributed by atoms with Crippen LogP contribution in [0.1, 0.15) is 37.2 Å². The lowest BCUT2D eigenvalue weighted by molar-refractivity contribution is 0.0932. The molecular formula is C25H34N2O2. The van der Waals surface area contributed by atoms with Gasteiger partial charge in [-0.3, -0.25) is 0 Å². The van der Waals surface area contributed by atoms with E-state index in [1.165, 1.54) is 16.7 Å². The van der Waals surface area contributed by atoms with Gasteiger partial charge in [0.15, 0.2) is 0 Å². The molecule has 1 saturated heterocycles. The van der Waals surface area contributed by atoms with Crippen LogP contribution in [0, 0.1) is 5.92 Å². The molecule has 0 spiro atoms. The zero-order valence-corrected chi connectivity index (χ0v) is 17.5. The molecule has 2 aliphatic rings. The number of rotatable bonds is 6. The number of aliphatic hydroxyl groups is 1. The maximum Gasteiger partial charge on any atom is 0.119 e. The standard InChI is InChI=1S/C25H34N2O2/c1-29-24-4-2-3-22(17-24)19-5-7-20(8-6-19)25(18-27-15-13-26-14-16-27)21-9-11-23(28)12-10-21/h2-8,17,21,23,25-26,28H,9-16,18H2,1H3. The Balaban J connectivity index is 1.54. The van der Waals surface area contributed by atoms with Crippen molar-refractivity contribution in [3.63, 3.8) is 0 Å². The summed E-state index contributed by atoms with van der Waals surface area (Å²) in [5.41, 5.74) is 3.86. The first-order valence-corrected chi connectivity index (χ1v) is 11.1. The second-order valence-corrected chi connectivity index (χ2v) is 8.58. The van der Waals surface area contributed by atoms with Gasteiger partial charge in [0, 0.05) is 32.7 Å². The molecule has 2 aromatic carbocycles. The molecule has 2 aromatic rings. The minimum absolute atomic E-state index is 0.0958. The number of methoxy groups -OCH3 is 1. The van der Waals surface area contributed by atoms with E-state index < -0.39 is 0 Å². The molecule has 1 atom stereocenters. The first kappa shape index (κ1) is 20.4. The molecule has 2 fully saturated rings. The average Bonchev–Trinajstić information content (AvgIpc) is 2.79. The van der Waals surface area contributed by atoms with E-state index >= 15 is 0 Å². The Labute approximate surface area is 174 Å². The molecule has 1 saturated carbocycles. The topological polar surface area (TPSA) is 44.7 Å². The molecule has 156 valence electrons. The van der Waals surface area contributed by atoms with E-state index in [1.807, 2.05) is 12.1 Å². The van der Waals surface area contributed by atoms with Crippen molar-refractivity contribution in [2.45, 2.75) is 37.7 Å². The van der Waals surface area contributed by atoms with E-state index in [0.717, 1.165) is 64.2 Å². The zero-order valence-electron chi connectivity index (χ0n) is 17.5. The van der Waals surface area contributed by atoms with Crippen molar-refractivity contribution in [1.82, 2.24) is 10.2 Å². The monoisotopic (exact) mass is 394 g/mol. The fourth-order valence-corrected chi connectivity index (χ4v) is 4.93. The van der Waals surface area contributed by atoms with Crippen LogP contribution in [0.2, 0.25) is 0 Å². The molecule has 1 unspecified atom stereocenters. The summed E-state index contributed by atoms with van der Waals surface area (Å²) >= 11 is 0. The third-order valence-electron chi connectivity index (χ3n) is 6.72. The van der Waals surface area contributed by atoms with E-state index in [2.05, 4.69) is 46.6 Å². The Morgan fingerprint density at radius 3 is 2.41 bits per heavy atom. The van der Waals surface area contributed by atoms with E-state index in [9.17, 15) is 5.11 Å². The predicted molar refractivity (Wildman–Crippen MR) is 118 cm³/mol. The molecule has 0 amide bonds. The van der Waals surface area contributed by atoms with Gasteiger partial charge in [-0.1, -0.05) is 36.4 Å². The summed E-state index contributed by atoms with van der Waals surface area (Å²) in [4.78, 5) is 2.61. The van der Waals surface area contributed by atoms with Crippen LogP contribution in [0.5, 0.6) is 5.75 Å². The third kappa shape index (κ3) is 5.19. The molecule has 1 aliphatic carbocycles. The fourth-order valence-electron chi connectivity index (χ4n) is 4.93. The van der Waals surface area contributed by atoms with E-state index in [1.54, 1.807) is 7.11 Å². The van der Waals surface area contributed by atoms with Crippen LogP contribution in [0.4, 0.5) is 0 Å². The van der Waals surface area contributed by atoms with Crippen molar-refractivity contribution in [2.24, 2.45) is 5.92 Å². The highest BCUT2D eigenvalue weighted by Crippen LogP contribution is 2.37. The van der Waals surface area contributed by atoms with Gasteiger partial charge in [-0.15, -0.1) is 0 Å². The van der Waals surface area contributed by atoms with E-state index in [4.69, 9.17) is 4.74 Å². The number of benzene rings is 2. The van der Waals surface area contributed by atoms with Crippen molar-refractivity contribution in [1.29, 1.82) is 0 Å². The van der Waals surface area contributed by atoms with Crippen LogP contribution in [-0.2, 0) is 0 Å². The molecule has 0 aromatic heterocycles. The number of hydrogen-bond acceptors (Lipinski definition) is 4. The van der Waals surface area contributed by atoms with Gasteiger partial charge in [0.1, 0.15) is 5.75 Å². The van der Waals surface area contributed by atoms with Gasteiger partial charge in [0.2, 0.25) is 0 Å². The SMILES string of the molecule is COc1cccc(-c2ccc(C(CN3CCNCC3)C3CCC(O)CC3)cc2)c1. The van der Waals surface area contributed by atoms with Crippen molar-refractivity contribution in [3.05, 3.63) is 54.1 Å². The smallest absolute Gasteiger partial charge is 0.119 e. The van der Waals surface area contributed by atoms with Crippen LogP contribution >= 0.6 is 0 Å². The van der Waals surface area contributed by atoms with Crippen molar-refractivity contribution >= 4 is 0 Å². The number of aliphatic hydroxyl groups excluding tert-OH is 1. The molecule has 1 aliphatic heterocycles. The molecule has 0 radical (unpaired) electrons. The van der Waals surface area contributed by atoms with Gasteiger partial charge in [-0.2, -0.15) is 0 Å². The van der Waals surface area contributed by atoms with Crippen molar-refractivity contribution in [3.8, 4) is 16.9 Å². The summed E-state index contributed by atoms with van der Waals surface area (Å²) < 4.78 is 5.38. The Morgan fingerprint density at radius 2 is 1.72 bits per heavy atom. The van der Waals surface area contributed by atoms with Gasteiger partial charge in [0.25, 0.3) is 0 Å². The Kier molecular flexibility index (Phi) is 6.86. The largest absolute Gasteiger partial charge is 0.497 e. The maximum atomic E-state index is 9.98. The lowest BCUT2D eigenvalue weighted by Gasteiger charge is -2.37. The number of nitrogens with one attached hydrogen (secondary N) is 1. The quantitative estimate of drug-likeness (QED) is 0.780. The van der Waals surface area contributed by atoms with E-state index in [0.29, 0.717) is 11.8 Å². The summed E-state index contributed by atoms with van der Waals surface area (Å²) in [6.07, 6.45) is 4.07. The van der Waals surface area contributed by atoms with Gasteiger partial charge >= 0.3 is 0 Å². The summed E-state index contributed by atoms with van der Waals surface area (Å²) in [5, 5.41) is 13.4. The molecule has 4 rings (SSSR count). The number of hydrogen-bond donors (Lipinski definition) is 2. The molecule has 1 heterocycles. The highest BCUT2D eigenvalue weighted by molar-refractivity contribution is 5.65. The second kappa shape index (κ2) is 9.75. The minimum Gasteiger partial charge on any atom is -0.497 e. The van der Waals surface area contributed by atoms with Gasteiger partial charge in [-0.05, 0) is 66.3 Å². The summed E-state index contributed by atoms with van der Waals surface area (Å²) in [6.45, 7) is 5.57. The van der Waals surface area contributed by atoms with Crippen molar-refractivity contribution in [2.75, 3.05) is 39.8 Å². The summed E-state index contributed by atoms with van der Waals surface area (Å²) in [7, 11) is 1.71. The minimum atomic E-state index is -0.0958. The molecule has 0 bridgehead atoms. The zero-order chi connectivity index (χ0) is 20.1. The highest BCUT2D eigenvalue weighted by atomic mass is 16.5. The van der Waals surface area contributed by atoms with Gasteiger partial charge in [0.05, 0.1) is 13.2 Å². The first-order chi connectivity index (χ1) is 14.2. The fraction of sp³-hybridized carbons (Fsp3) is 0.520. The summed E-state index contributed by atoms with van der Waals surface area (Å²) in [5.74, 6) is 2.10. The van der Waals surface area contributed by atoms with Crippen LogP contribution in [0.25, 0.3) is 11.1 Å². The van der Waals surface area contributed by atoms with Gasteiger partial charge < -0.3 is 20.1 Å². The lowest BCUT2D eigenvalue weighted by Crippen LogP contribution is -2.46. The normalized spacial score (nSPS) is 24.2. The molecule has 29 heavy (non-hydrogen) atoms. The second-order valence-electron chi connectivity index (χ2n) is 8.58. The average molecular weight is 395 g/mol. The molecule has 2 N–H and O–H groups in total. The molecular weight excluding hydrogens is 360 g/mol. The number of piperazine rings is 1. The Hall–Kier alpha value is -1.88. The van der Waals surface area contributed by atoms with Gasteiger partial charge in [-0.25, -0.2) is 0 Å².